The van der Waals surface area contributed by atoms with Crippen LogP contribution in [-0.2, 0) is 11.3 Å². The van der Waals surface area contributed by atoms with Crippen LogP contribution in [0, 0.1) is 5.82 Å². The third kappa shape index (κ3) is 2.82. The van der Waals surface area contributed by atoms with Crippen molar-refractivity contribution < 1.29 is 14.3 Å². The van der Waals surface area contributed by atoms with Crippen LogP contribution in [0.4, 0.5) is 4.39 Å². The first-order chi connectivity index (χ1) is 8.59. The molecule has 1 fully saturated rings. The summed E-state index contributed by atoms with van der Waals surface area (Å²) in [4.78, 5) is 12.9. The molecule has 0 bridgehead atoms. The summed E-state index contributed by atoms with van der Waals surface area (Å²) < 4.78 is 13.7. The number of aliphatic carboxylic acids is 1. The molecule has 1 heterocycles. The van der Waals surface area contributed by atoms with Crippen molar-refractivity contribution in [3.8, 4) is 0 Å². The summed E-state index contributed by atoms with van der Waals surface area (Å²) in [5, 5.41) is 9.51. The van der Waals surface area contributed by atoms with E-state index in [2.05, 4.69) is 0 Å². The summed E-state index contributed by atoms with van der Waals surface area (Å²) >= 11 is 5.96. The predicted molar refractivity (Wildman–Crippen MR) is 67.1 cm³/mol. The Labute approximate surface area is 110 Å². The van der Waals surface area contributed by atoms with Gasteiger partial charge in [-0.1, -0.05) is 24.1 Å². The molecule has 1 saturated heterocycles. The van der Waals surface area contributed by atoms with E-state index in [9.17, 15) is 9.18 Å². The molecule has 1 N–H and O–H groups in total. The lowest BCUT2D eigenvalue weighted by Crippen LogP contribution is -2.44. The van der Waals surface area contributed by atoms with Crippen molar-refractivity contribution in [1.29, 1.82) is 0 Å². The Kier molecular flexibility index (Phi) is 4.19. The van der Waals surface area contributed by atoms with Crippen molar-refractivity contribution in [2.24, 2.45) is 0 Å². The van der Waals surface area contributed by atoms with E-state index in [1.165, 1.54) is 6.07 Å². The lowest BCUT2D eigenvalue weighted by molar-refractivity contribution is -0.144. The smallest absolute Gasteiger partial charge is 0.320 e. The molecule has 1 aromatic rings. The summed E-state index contributed by atoms with van der Waals surface area (Å²) in [6, 6.07) is 3.99. The second kappa shape index (κ2) is 5.67. The summed E-state index contributed by atoms with van der Waals surface area (Å²) in [6.45, 7) is 0.921. The van der Waals surface area contributed by atoms with Crippen LogP contribution in [-0.4, -0.2) is 28.6 Å². The molecule has 5 heteroatoms. The van der Waals surface area contributed by atoms with Crippen molar-refractivity contribution in [1.82, 2.24) is 4.90 Å². The van der Waals surface area contributed by atoms with Crippen LogP contribution in [0.2, 0.25) is 5.02 Å². The Morgan fingerprint density at radius 1 is 1.50 bits per heavy atom. The minimum atomic E-state index is -0.845. The number of hydrogen-bond donors (Lipinski definition) is 1. The highest BCUT2D eigenvalue weighted by molar-refractivity contribution is 6.31. The predicted octanol–water partition coefficient (Wildman–Crippen LogP) is 2.92. The minimum absolute atomic E-state index is 0.252. The van der Waals surface area contributed by atoms with Crippen molar-refractivity contribution in [2.75, 3.05) is 6.54 Å². The first kappa shape index (κ1) is 13.3. The lowest BCUT2D eigenvalue weighted by Gasteiger charge is -2.33. The maximum atomic E-state index is 13.7. The van der Waals surface area contributed by atoms with E-state index >= 15 is 0 Å². The number of carbonyl (C=O) groups is 1. The zero-order chi connectivity index (χ0) is 13.1. The van der Waals surface area contributed by atoms with Crippen LogP contribution >= 0.6 is 11.6 Å². The first-order valence-corrected chi connectivity index (χ1v) is 6.37. The summed E-state index contributed by atoms with van der Waals surface area (Å²) in [5.41, 5.74) is 0.382. The van der Waals surface area contributed by atoms with Gasteiger partial charge in [-0.3, -0.25) is 9.69 Å². The van der Waals surface area contributed by atoms with Crippen molar-refractivity contribution >= 4 is 17.6 Å². The van der Waals surface area contributed by atoms with Crippen molar-refractivity contribution in [2.45, 2.75) is 31.8 Å². The van der Waals surface area contributed by atoms with Crippen LogP contribution in [0.3, 0.4) is 0 Å². The van der Waals surface area contributed by atoms with Crippen LogP contribution in [0.5, 0.6) is 0 Å². The molecule has 0 unspecified atom stereocenters. The highest BCUT2D eigenvalue weighted by atomic mass is 35.5. The highest BCUT2D eigenvalue weighted by Crippen LogP contribution is 2.25. The molecule has 0 spiro atoms. The normalized spacial score (nSPS) is 20.9. The molecule has 18 heavy (non-hydrogen) atoms. The fraction of sp³-hybridized carbons (Fsp3) is 0.462. The Morgan fingerprint density at radius 3 is 2.94 bits per heavy atom. The van der Waals surface area contributed by atoms with Gasteiger partial charge >= 0.3 is 5.97 Å². The fourth-order valence-corrected chi connectivity index (χ4v) is 2.57. The third-order valence-corrected chi connectivity index (χ3v) is 3.68. The molecule has 1 aromatic carbocycles. The van der Waals surface area contributed by atoms with E-state index < -0.39 is 12.0 Å². The van der Waals surface area contributed by atoms with E-state index in [1.807, 2.05) is 0 Å². The molecule has 0 radical (unpaired) electrons. The second-order valence-electron chi connectivity index (χ2n) is 4.52. The molecule has 1 aliphatic rings. The van der Waals surface area contributed by atoms with E-state index in [-0.39, 0.29) is 12.4 Å². The van der Waals surface area contributed by atoms with Gasteiger partial charge in [0, 0.05) is 17.1 Å². The molecule has 98 valence electrons. The first-order valence-electron chi connectivity index (χ1n) is 5.99. The number of piperidine rings is 1. The number of carboxylic acid groups (broad SMARTS) is 1. The number of nitrogens with zero attached hydrogens (tertiary/aromatic N) is 1. The second-order valence-corrected chi connectivity index (χ2v) is 4.93. The van der Waals surface area contributed by atoms with E-state index in [0.717, 1.165) is 12.8 Å². The molecular weight excluding hydrogens is 257 g/mol. The zero-order valence-electron chi connectivity index (χ0n) is 9.90. The molecule has 1 aliphatic heterocycles. The summed E-state index contributed by atoms with van der Waals surface area (Å²) in [5.74, 6) is -1.22. The van der Waals surface area contributed by atoms with Gasteiger partial charge in [-0.15, -0.1) is 0 Å². The SMILES string of the molecule is O=C(O)[C@@H]1CCCCN1Cc1c(F)cccc1Cl. The average Bonchev–Trinajstić information content (AvgIpc) is 2.34. The van der Waals surface area contributed by atoms with Gasteiger partial charge < -0.3 is 5.11 Å². The molecular formula is C13H15ClFNO2. The number of likely N-dealkylation sites (tertiary alicyclic amines) is 1. The standard InChI is InChI=1S/C13H15ClFNO2/c14-10-4-3-5-11(15)9(10)8-16-7-2-1-6-12(16)13(17)18/h3-5,12H,1-2,6-8H2,(H,17,18)/t12-/m0/s1. The Bertz CT molecular complexity index is 432. The largest absolute Gasteiger partial charge is 0.480 e. The molecule has 1 atom stereocenters. The van der Waals surface area contributed by atoms with Crippen molar-refractivity contribution in [3.05, 3.63) is 34.6 Å². The van der Waals surface area contributed by atoms with Crippen molar-refractivity contribution in [3.63, 3.8) is 0 Å². The van der Waals surface area contributed by atoms with Gasteiger partial charge in [0.15, 0.2) is 0 Å². The van der Waals surface area contributed by atoms with Gasteiger partial charge in [0.25, 0.3) is 0 Å². The van der Waals surface area contributed by atoms with Crippen LogP contribution < -0.4 is 0 Å². The molecule has 0 saturated carbocycles. The van der Waals surface area contributed by atoms with E-state index in [1.54, 1.807) is 17.0 Å². The monoisotopic (exact) mass is 271 g/mol. The number of halogens is 2. The molecule has 3 nitrogen and oxygen atoms in total. The third-order valence-electron chi connectivity index (χ3n) is 3.32. The quantitative estimate of drug-likeness (QED) is 0.919. The summed E-state index contributed by atoms with van der Waals surface area (Å²) in [6.07, 6.45) is 2.45. The van der Waals surface area contributed by atoms with Gasteiger partial charge in [-0.25, -0.2) is 4.39 Å². The fourth-order valence-electron chi connectivity index (χ4n) is 2.35. The van der Waals surface area contributed by atoms with Crippen LogP contribution in [0.25, 0.3) is 0 Å². The Hall–Kier alpha value is -1.13. The lowest BCUT2D eigenvalue weighted by atomic mass is 10.0. The minimum Gasteiger partial charge on any atom is -0.480 e. The van der Waals surface area contributed by atoms with Gasteiger partial charge in [-0.05, 0) is 31.5 Å². The highest BCUT2D eigenvalue weighted by Gasteiger charge is 2.29. The number of rotatable bonds is 3. The number of carboxylic acids is 1. The number of hydrogen-bond acceptors (Lipinski definition) is 2. The molecule has 2 rings (SSSR count). The Morgan fingerprint density at radius 2 is 2.28 bits per heavy atom. The van der Waals surface area contributed by atoms with E-state index in [0.29, 0.717) is 23.6 Å². The summed E-state index contributed by atoms with van der Waals surface area (Å²) in [7, 11) is 0. The van der Waals surface area contributed by atoms with E-state index in [4.69, 9.17) is 16.7 Å². The maximum absolute atomic E-state index is 13.7. The molecule has 0 amide bonds. The zero-order valence-corrected chi connectivity index (χ0v) is 10.7. The van der Waals surface area contributed by atoms with Crippen LogP contribution in [0.1, 0.15) is 24.8 Å². The van der Waals surface area contributed by atoms with Gasteiger partial charge in [-0.2, -0.15) is 0 Å². The van der Waals surface area contributed by atoms with Gasteiger partial charge in [0.2, 0.25) is 0 Å². The van der Waals surface area contributed by atoms with Crippen LogP contribution in [0.15, 0.2) is 18.2 Å². The van der Waals surface area contributed by atoms with Gasteiger partial charge in [0.05, 0.1) is 0 Å². The van der Waals surface area contributed by atoms with Gasteiger partial charge in [0.1, 0.15) is 11.9 Å². The number of benzene rings is 1. The topological polar surface area (TPSA) is 40.5 Å². The average molecular weight is 272 g/mol. The maximum Gasteiger partial charge on any atom is 0.320 e. The molecule has 0 aromatic heterocycles. The Balaban J connectivity index is 2.18. The molecule has 0 aliphatic carbocycles.